The molecule has 0 fully saturated rings. The molecular formula is C12H22BN3. The fourth-order valence-corrected chi connectivity index (χ4v) is 2.12. The predicted octanol–water partition coefficient (Wildman–Crippen LogP) is 2.39. The molecule has 1 N–H and O–H groups in total. The van der Waals surface area contributed by atoms with Crippen molar-refractivity contribution in [2.45, 2.75) is 52.4 Å². The third-order valence-corrected chi connectivity index (χ3v) is 3.16. The summed E-state index contributed by atoms with van der Waals surface area (Å²) in [5, 5.41) is 11.1. The fourth-order valence-electron chi connectivity index (χ4n) is 2.12. The summed E-state index contributed by atoms with van der Waals surface area (Å²) in [6, 6.07) is 0.582. The van der Waals surface area contributed by atoms with Gasteiger partial charge in [0.2, 0.25) is 0 Å². The lowest BCUT2D eigenvalue weighted by atomic mass is 9.48. The van der Waals surface area contributed by atoms with Crippen molar-refractivity contribution in [2.24, 2.45) is 0 Å². The first-order chi connectivity index (χ1) is 7.72. The Morgan fingerprint density at radius 1 is 1.50 bits per heavy atom. The lowest BCUT2D eigenvalue weighted by Gasteiger charge is -2.27. The van der Waals surface area contributed by atoms with Crippen LogP contribution in [0.1, 0.15) is 39.5 Å². The minimum atomic E-state index is 0.0291. The molecule has 16 heavy (non-hydrogen) atoms. The summed E-state index contributed by atoms with van der Waals surface area (Å²) in [4.78, 5) is 0. The van der Waals surface area contributed by atoms with Gasteiger partial charge in [-0.15, -0.1) is 0 Å². The van der Waals surface area contributed by atoms with E-state index in [1.54, 1.807) is 0 Å². The van der Waals surface area contributed by atoms with E-state index in [2.05, 4.69) is 36.5 Å². The maximum Gasteiger partial charge on any atom is 0.295 e. The Kier molecular flexibility index (Phi) is 5.41. The summed E-state index contributed by atoms with van der Waals surface area (Å²) in [5.74, 6) is 2.30. The van der Waals surface area contributed by atoms with E-state index in [1.807, 2.05) is 6.82 Å². The van der Waals surface area contributed by atoms with Crippen molar-refractivity contribution in [1.82, 2.24) is 10.4 Å². The number of hydrazine groups is 1. The monoisotopic (exact) mass is 219 g/mol. The number of hydrogen-bond donors (Lipinski definition) is 1. The summed E-state index contributed by atoms with van der Waals surface area (Å²) in [7, 11) is 0. The van der Waals surface area contributed by atoms with Crippen LogP contribution in [-0.4, -0.2) is 24.3 Å². The standard InChI is InChI=1S/C12H22BN3/c1-4-6-12(7-5-2)16-9-11(8-15-16)13(3)10-14/h9,12,15H,4-8H2,1-3H3. The normalized spacial score (nSPS) is 15.2. The molecule has 0 radical (unpaired) electrons. The highest BCUT2D eigenvalue weighted by Crippen LogP contribution is 2.17. The molecule has 0 bridgehead atoms. The second-order valence-corrected chi connectivity index (χ2v) is 4.53. The van der Waals surface area contributed by atoms with Crippen molar-refractivity contribution < 1.29 is 0 Å². The maximum absolute atomic E-state index is 8.89. The van der Waals surface area contributed by atoms with Crippen molar-refractivity contribution >= 4 is 6.71 Å². The van der Waals surface area contributed by atoms with E-state index in [0.717, 1.165) is 6.54 Å². The van der Waals surface area contributed by atoms with Crippen LogP contribution in [0.15, 0.2) is 11.7 Å². The van der Waals surface area contributed by atoms with Crippen molar-refractivity contribution in [3.8, 4) is 5.97 Å². The third-order valence-electron chi connectivity index (χ3n) is 3.16. The topological polar surface area (TPSA) is 39.1 Å². The smallest absolute Gasteiger partial charge is 0.295 e. The van der Waals surface area contributed by atoms with Gasteiger partial charge < -0.3 is 5.01 Å². The van der Waals surface area contributed by atoms with Crippen LogP contribution >= 0.6 is 0 Å². The van der Waals surface area contributed by atoms with Gasteiger partial charge in [0.1, 0.15) is 0 Å². The summed E-state index contributed by atoms with van der Waals surface area (Å²) < 4.78 is 0. The van der Waals surface area contributed by atoms with Crippen LogP contribution < -0.4 is 5.43 Å². The zero-order valence-corrected chi connectivity index (χ0v) is 10.7. The number of nitrogens with zero attached hydrogens (tertiary/aromatic N) is 2. The molecule has 4 heteroatoms. The van der Waals surface area contributed by atoms with Gasteiger partial charge in [0, 0.05) is 24.8 Å². The number of nitrogens with one attached hydrogen (secondary N) is 1. The summed E-state index contributed by atoms with van der Waals surface area (Å²) in [6.07, 6.45) is 6.99. The van der Waals surface area contributed by atoms with Gasteiger partial charge >= 0.3 is 0 Å². The summed E-state index contributed by atoms with van der Waals surface area (Å²) >= 11 is 0. The Balaban J connectivity index is 2.60. The zero-order chi connectivity index (χ0) is 12.0. The average Bonchev–Trinajstić information content (AvgIpc) is 2.77. The molecule has 88 valence electrons. The zero-order valence-electron chi connectivity index (χ0n) is 10.7. The Labute approximate surface area is 99.6 Å². The molecule has 0 atom stereocenters. The van der Waals surface area contributed by atoms with Gasteiger partial charge in [0.25, 0.3) is 6.71 Å². The van der Waals surface area contributed by atoms with Gasteiger partial charge in [-0.25, -0.2) is 10.7 Å². The first-order valence-corrected chi connectivity index (χ1v) is 6.34. The third kappa shape index (κ3) is 3.28. The van der Waals surface area contributed by atoms with Crippen LogP contribution in [0.2, 0.25) is 6.82 Å². The largest absolute Gasteiger partial charge is 0.313 e. The van der Waals surface area contributed by atoms with E-state index in [-0.39, 0.29) is 6.71 Å². The maximum atomic E-state index is 8.89. The molecule has 1 aliphatic rings. The molecule has 0 saturated heterocycles. The molecule has 0 aromatic carbocycles. The van der Waals surface area contributed by atoms with Crippen LogP contribution in [0, 0.1) is 11.2 Å². The van der Waals surface area contributed by atoms with Crippen LogP contribution in [-0.2, 0) is 0 Å². The molecule has 1 aliphatic heterocycles. The molecule has 0 unspecified atom stereocenters. The van der Waals surface area contributed by atoms with E-state index < -0.39 is 0 Å². The molecule has 0 aliphatic carbocycles. The van der Waals surface area contributed by atoms with Gasteiger partial charge in [-0.3, -0.25) is 0 Å². The van der Waals surface area contributed by atoms with E-state index in [1.165, 1.54) is 31.2 Å². The average molecular weight is 219 g/mol. The summed E-state index contributed by atoms with van der Waals surface area (Å²) in [5.41, 5.74) is 4.59. The number of nitriles is 1. The number of hydrogen-bond acceptors (Lipinski definition) is 3. The Morgan fingerprint density at radius 3 is 2.62 bits per heavy atom. The Bertz CT molecular complexity index is 276. The second-order valence-electron chi connectivity index (χ2n) is 4.53. The second kappa shape index (κ2) is 6.60. The van der Waals surface area contributed by atoms with Crippen molar-refractivity contribution in [3.63, 3.8) is 0 Å². The fraction of sp³-hybridized carbons (Fsp3) is 0.750. The van der Waals surface area contributed by atoms with Crippen LogP contribution in [0.25, 0.3) is 0 Å². The van der Waals surface area contributed by atoms with Crippen LogP contribution in [0.5, 0.6) is 0 Å². The van der Waals surface area contributed by atoms with Crippen molar-refractivity contribution in [3.05, 3.63) is 11.7 Å². The van der Waals surface area contributed by atoms with Gasteiger partial charge in [0.05, 0.1) is 0 Å². The Hall–Kier alpha value is -0.945. The molecule has 0 spiro atoms. The highest BCUT2D eigenvalue weighted by Gasteiger charge is 2.23. The molecule has 1 rings (SSSR count). The highest BCUT2D eigenvalue weighted by molar-refractivity contribution is 6.73. The lowest BCUT2D eigenvalue weighted by molar-refractivity contribution is 0.197. The molecular weight excluding hydrogens is 197 g/mol. The van der Waals surface area contributed by atoms with Gasteiger partial charge in [-0.2, -0.15) is 0 Å². The molecule has 0 aromatic heterocycles. The minimum Gasteiger partial charge on any atom is -0.313 e. The Morgan fingerprint density at radius 2 is 2.12 bits per heavy atom. The first-order valence-electron chi connectivity index (χ1n) is 6.34. The molecule has 0 amide bonds. The van der Waals surface area contributed by atoms with Crippen molar-refractivity contribution in [1.29, 1.82) is 5.26 Å². The molecule has 1 heterocycles. The van der Waals surface area contributed by atoms with E-state index in [0.29, 0.717) is 6.04 Å². The van der Waals surface area contributed by atoms with Crippen LogP contribution in [0.4, 0.5) is 0 Å². The van der Waals surface area contributed by atoms with Crippen LogP contribution in [0.3, 0.4) is 0 Å². The van der Waals surface area contributed by atoms with Gasteiger partial charge in [-0.1, -0.05) is 39.0 Å². The number of rotatable bonds is 6. The van der Waals surface area contributed by atoms with Gasteiger partial charge in [-0.05, 0) is 12.8 Å². The van der Waals surface area contributed by atoms with E-state index >= 15 is 0 Å². The minimum absolute atomic E-state index is 0.0291. The molecule has 0 saturated carbocycles. The quantitative estimate of drug-likeness (QED) is 0.697. The molecule has 3 nitrogen and oxygen atoms in total. The lowest BCUT2D eigenvalue weighted by Crippen LogP contribution is -2.38. The first kappa shape index (κ1) is 13.1. The molecule has 0 aromatic rings. The highest BCUT2D eigenvalue weighted by atomic mass is 15.5. The van der Waals surface area contributed by atoms with E-state index in [4.69, 9.17) is 5.26 Å². The van der Waals surface area contributed by atoms with Crippen molar-refractivity contribution in [2.75, 3.05) is 6.54 Å². The predicted molar refractivity (Wildman–Crippen MR) is 68.8 cm³/mol. The summed E-state index contributed by atoms with van der Waals surface area (Å²) in [6.45, 7) is 7.27. The SMILES string of the molecule is CCCC(CCC)N1C=C(B(C)C#N)CN1. The van der Waals surface area contributed by atoms with Gasteiger partial charge in [0.15, 0.2) is 0 Å². The van der Waals surface area contributed by atoms with E-state index in [9.17, 15) is 0 Å².